The third-order valence-electron chi connectivity index (χ3n) is 2.89. The van der Waals surface area contributed by atoms with Crippen LogP contribution in [0.2, 0.25) is 0 Å². The van der Waals surface area contributed by atoms with Gasteiger partial charge in [0, 0.05) is 0 Å². The Morgan fingerprint density at radius 1 is 1.21 bits per heavy atom. The lowest BCUT2D eigenvalue weighted by Gasteiger charge is -2.25. The number of ketones is 1. The third kappa shape index (κ3) is 2.97. The summed E-state index contributed by atoms with van der Waals surface area (Å²) in [6.45, 7) is 0. The van der Waals surface area contributed by atoms with Crippen LogP contribution in [0.1, 0.15) is 12.0 Å². The summed E-state index contributed by atoms with van der Waals surface area (Å²) >= 11 is 2.90. The Hall–Kier alpha value is -1.36. The molecule has 0 aromatic heterocycles. The van der Waals surface area contributed by atoms with Crippen molar-refractivity contribution in [2.24, 2.45) is 0 Å². The normalized spacial score (nSPS) is 23.1. The van der Waals surface area contributed by atoms with Gasteiger partial charge in [-0.25, -0.2) is 0 Å². The van der Waals surface area contributed by atoms with Crippen molar-refractivity contribution in [2.75, 3.05) is 0 Å². The minimum atomic E-state index is -4.84. The average molecular weight is 331 g/mol. The molecule has 0 bridgehead atoms. The second-order valence-corrected chi connectivity index (χ2v) is 5.67. The Morgan fingerprint density at radius 2 is 1.84 bits per heavy atom. The van der Waals surface area contributed by atoms with Gasteiger partial charge in [-0.1, -0.05) is 64.5 Å². The van der Waals surface area contributed by atoms with E-state index in [2.05, 4.69) is 15.9 Å². The average Bonchev–Trinajstić information content (AvgIpc) is 2.39. The first-order valence-corrected chi connectivity index (χ1v) is 6.37. The minimum absolute atomic E-state index is 0.0218. The summed E-state index contributed by atoms with van der Waals surface area (Å²) in [6, 6.07) is 9.28. The summed E-state index contributed by atoms with van der Waals surface area (Å²) in [5, 5.41) is 0. The molecule has 1 atom stereocenters. The van der Waals surface area contributed by atoms with Gasteiger partial charge in [-0.05, 0) is 17.6 Å². The quantitative estimate of drug-likeness (QED) is 0.739. The van der Waals surface area contributed by atoms with E-state index in [1.54, 1.807) is 6.08 Å². The maximum atomic E-state index is 12.5. The number of carbonyl (C=O) groups is 1. The highest BCUT2D eigenvalue weighted by atomic mass is 79.9. The van der Waals surface area contributed by atoms with Gasteiger partial charge in [0.25, 0.3) is 5.78 Å². The molecule has 5 heteroatoms. The van der Waals surface area contributed by atoms with Gasteiger partial charge in [-0.2, -0.15) is 13.2 Å². The first-order chi connectivity index (χ1) is 8.83. The number of Topliss-reactive ketones (excluding diaryl/α,β-unsaturated/α-hetero) is 1. The van der Waals surface area contributed by atoms with Crippen molar-refractivity contribution >= 4 is 27.3 Å². The molecule has 1 aromatic rings. The molecule has 2 rings (SSSR count). The van der Waals surface area contributed by atoms with Crippen molar-refractivity contribution in [3.63, 3.8) is 0 Å². The second-order valence-electron chi connectivity index (χ2n) is 4.25. The molecule has 1 aliphatic carbocycles. The predicted molar refractivity (Wildman–Crippen MR) is 70.9 cm³/mol. The van der Waals surface area contributed by atoms with Crippen LogP contribution >= 0.6 is 15.9 Å². The third-order valence-corrected chi connectivity index (χ3v) is 3.84. The Kier molecular flexibility index (Phi) is 3.67. The smallest absolute Gasteiger partial charge is 0.288 e. The van der Waals surface area contributed by atoms with E-state index in [0.717, 1.165) is 11.1 Å². The van der Waals surface area contributed by atoms with Gasteiger partial charge in [0.05, 0.1) is 0 Å². The molecular formula is C14H10BrF3O. The van der Waals surface area contributed by atoms with Crippen LogP contribution in [0.4, 0.5) is 13.2 Å². The molecule has 0 radical (unpaired) electrons. The van der Waals surface area contributed by atoms with Gasteiger partial charge in [-0.3, -0.25) is 4.79 Å². The molecule has 0 N–H and O–H groups in total. The molecule has 0 heterocycles. The van der Waals surface area contributed by atoms with Crippen molar-refractivity contribution in [2.45, 2.75) is 16.9 Å². The van der Waals surface area contributed by atoms with Crippen molar-refractivity contribution in [3.8, 4) is 0 Å². The summed E-state index contributed by atoms with van der Waals surface area (Å²) in [5.74, 6) is -1.78. The summed E-state index contributed by atoms with van der Waals surface area (Å²) in [6.07, 6.45) is -0.423. The first-order valence-electron chi connectivity index (χ1n) is 5.58. The molecule has 0 saturated carbocycles. The highest BCUT2D eigenvalue weighted by molar-refractivity contribution is 9.10. The SMILES string of the molecule is O=C(C(F)(F)F)C1(Br)C=CC(c2ccccc2)=CC1. The number of halogens is 4. The Bertz CT molecular complexity index is 546. The van der Waals surface area contributed by atoms with Crippen LogP contribution in [0, 0.1) is 0 Å². The summed E-state index contributed by atoms with van der Waals surface area (Å²) in [7, 11) is 0. The van der Waals surface area contributed by atoms with E-state index in [4.69, 9.17) is 0 Å². The number of allylic oxidation sites excluding steroid dienone is 4. The van der Waals surface area contributed by atoms with Crippen molar-refractivity contribution in [3.05, 3.63) is 54.1 Å². The van der Waals surface area contributed by atoms with Gasteiger partial charge < -0.3 is 0 Å². The fourth-order valence-electron chi connectivity index (χ4n) is 1.87. The minimum Gasteiger partial charge on any atom is -0.288 e. The zero-order valence-electron chi connectivity index (χ0n) is 9.75. The predicted octanol–water partition coefficient (Wildman–Crippen LogP) is 4.30. The van der Waals surface area contributed by atoms with Crippen LogP contribution in [0.25, 0.3) is 5.57 Å². The van der Waals surface area contributed by atoms with Crippen LogP contribution in [0.15, 0.2) is 48.6 Å². The number of hydrogen-bond acceptors (Lipinski definition) is 1. The lowest BCUT2D eigenvalue weighted by molar-refractivity contribution is -0.172. The molecule has 1 nitrogen and oxygen atoms in total. The van der Waals surface area contributed by atoms with Crippen molar-refractivity contribution in [1.82, 2.24) is 0 Å². The van der Waals surface area contributed by atoms with E-state index in [0.29, 0.717) is 0 Å². The number of hydrogen-bond donors (Lipinski definition) is 0. The first kappa shape index (κ1) is 14.1. The number of rotatable bonds is 2. The number of alkyl halides is 4. The largest absolute Gasteiger partial charge is 0.451 e. The Morgan fingerprint density at radius 3 is 2.32 bits per heavy atom. The second kappa shape index (κ2) is 4.96. The van der Waals surface area contributed by atoms with Gasteiger partial charge in [-0.15, -0.1) is 0 Å². The van der Waals surface area contributed by atoms with Gasteiger partial charge in [0.2, 0.25) is 0 Å². The van der Waals surface area contributed by atoms with E-state index in [9.17, 15) is 18.0 Å². The fourth-order valence-corrected chi connectivity index (χ4v) is 2.38. The highest BCUT2D eigenvalue weighted by Gasteiger charge is 2.50. The fraction of sp³-hybridized carbons (Fsp3) is 0.214. The molecule has 1 unspecified atom stereocenters. The monoisotopic (exact) mass is 330 g/mol. The van der Waals surface area contributed by atoms with E-state index < -0.39 is 16.3 Å². The van der Waals surface area contributed by atoms with E-state index in [1.807, 2.05) is 30.3 Å². The summed E-state index contributed by atoms with van der Waals surface area (Å²) in [5.41, 5.74) is 1.72. The van der Waals surface area contributed by atoms with Crippen LogP contribution in [-0.4, -0.2) is 16.3 Å². The highest BCUT2D eigenvalue weighted by Crippen LogP contribution is 2.38. The van der Waals surface area contributed by atoms with Crippen LogP contribution in [-0.2, 0) is 4.79 Å². The zero-order chi connectivity index (χ0) is 14.1. The molecule has 0 amide bonds. The van der Waals surface area contributed by atoms with Gasteiger partial charge in [0.15, 0.2) is 0 Å². The van der Waals surface area contributed by atoms with Crippen molar-refractivity contribution in [1.29, 1.82) is 0 Å². The Labute approximate surface area is 116 Å². The summed E-state index contributed by atoms with van der Waals surface area (Å²) < 4.78 is 35.7. The molecule has 1 aromatic carbocycles. The standard InChI is InChI=1S/C14H10BrF3O/c15-13(12(19)14(16,17)18)8-6-11(7-9-13)10-4-2-1-3-5-10/h1-8H,9H2. The lowest BCUT2D eigenvalue weighted by atomic mass is 9.90. The molecule has 1 aliphatic rings. The molecule has 100 valence electrons. The maximum absolute atomic E-state index is 12.5. The van der Waals surface area contributed by atoms with Crippen LogP contribution in [0.5, 0.6) is 0 Å². The molecule has 0 saturated heterocycles. The van der Waals surface area contributed by atoms with E-state index >= 15 is 0 Å². The molecule has 0 fully saturated rings. The molecule has 0 spiro atoms. The van der Waals surface area contributed by atoms with E-state index in [-0.39, 0.29) is 6.42 Å². The Balaban J connectivity index is 2.22. The lowest BCUT2D eigenvalue weighted by Crippen LogP contribution is -2.41. The number of benzene rings is 1. The number of carbonyl (C=O) groups excluding carboxylic acids is 1. The molecule has 0 aliphatic heterocycles. The van der Waals surface area contributed by atoms with Crippen molar-refractivity contribution < 1.29 is 18.0 Å². The van der Waals surface area contributed by atoms with Crippen LogP contribution < -0.4 is 0 Å². The van der Waals surface area contributed by atoms with Crippen LogP contribution in [0.3, 0.4) is 0 Å². The van der Waals surface area contributed by atoms with E-state index in [1.165, 1.54) is 12.2 Å². The topological polar surface area (TPSA) is 17.1 Å². The van der Waals surface area contributed by atoms with Gasteiger partial charge in [0.1, 0.15) is 4.32 Å². The molecule has 19 heavy (non-hydrogen) atoms. The molecular weight excluding hydrogens is 321 g/mol. The maximum Gasteiger partial charge on any atom is 0.451 e. The summed E-state index contributed by atoms with van der Waals surface area (Å²) in [4.78, 5) is 11.3. The van der Waals surface area contributed by atoms with Gasteiger partial charge >= 0.3 is 6.18 Å². The zero-order valence-corrected chi connectivity index (χ0v) is 11.3.